The van der Waals surface area contributed by atoms with E-state index in [0.29, 0.717) is 9.79 Å². The number of hydrogen-bond acceptors (Lipinski definition) is 3. The lowest BCUT2D eigenvalue weighted by molar-refractivity contribution is 0.596. The molecule has 18 heavy (non-hydrogen) atoms. The summed E-state index contributed by atoms with van der Waals surface area (Å²) in [6, 6.07) is 18.6. The maximum atomic E-state index is 12.0. The lowest BCUT2D eigenvalue weighted by Gasteiger charge is -2.03. The SMILES string of the molecule is CC#N.O=S(=O)(c1ccccc1)c1ccccc1. The molecule has 0 saturated carbocycles. The summed E-state index contributed by atoms with van der Waals surface area (Å²) in [6.07, 6.45) is 0. The van der Waals surface area contributed by atoms with Crippen LogP contribution in [0, 0.1) is 11.3 Å². The van der Waals surface area contributed by atoms with Crippen LogP contribution < -0.4 is 0 Å². The van der Waals surface area contributed by atoms with E-state index in [2.05, 4.69) is 0 Å². The number of benzene rings is 2. The normalized spacial score (nSPS) is 9.78. The summed E-state index contributed by atoms with van der Waals surface area (Å²) in [7, 11) is -3.34. The molecule has 0 heterocycles. The second-order valence-corrected chi connectivity index (χ2v) is 5.30. The number of hydrogen-bond donors (Lipinski definition) is 0. The van der Waals surface area contributed by atoms with E-state index in [1.165, 1.54) is 6.92 Å². The van der Waals surface area contributed by atoms with E-state index in [4.69, 9.17) is 5.26 Å². The first kappa shape index (κ1) is 13.9. The molecule has 92 valence electrons. The quantitative estimate of drug-likeness (QED) is 0.832. The van der Waals surface area contributed by atoms with Crippen molar-refractivity contribution >= 4 is 9.84 Å². The van der Waals surface area contributed by atoms with Gasteiger partial charge in [-0.05, 0) is 24.3 Å². The average Bonchev–Trinajstić information content (AvgIpc) is 2.42. The van der Waals surface area contributed by atoms with Crippen LogP contribution in [0.15, 0.2) is 70.5 Å². The molecule has 2 aromatic carbocycles. The van der Waals surface area contributed by atoms with Crippen molar-refractivity contribution in [2.45, 2.75) is 16.7 Å². The van der Waals surface area contributed by atoms with Gasteiger partial charge in [-0.1, -0.05) is 36.4 Å². The molecular formula is C14H13NO2S. The van der Waals surface area contributed by atoms with Crippen molar-refractivity contribution in [3.63, 3.8) is 0 Å². The fourth-order valence-electron chi connectivity index (χ4n) is 1.34. The average molecular weight is 259 g/mol. The first-order valence-corrected chi connectivity index (χ1v) is 6.77. The summed E-state index contributed by atoms with van der Waals surface area (Å²) >= 11 is 0. The van der Waals surface area contributed by atoms with Crippen LogP contribution in [0.1, 0.15) is 6.92 Å². The maximum absolute atomic E-state index is 12.0. The summed E-state index contributed by atoms with van der Waals surface area (Å²) in [4.78, 5) is 0.660. The van der Waals surface area contributed by atoms with Gasteiger partial charge in [0.1, 0.15) is 0 Å². The first-order valence-electron chi connectivity index (χ1n) is 5.29. The minimum absolute atomic E-state index is 0.330. The van der Waals surface area contributed by atoms with Crippen molar-refractivity contribution in [2.24, 2.45) is 0 Å². The van der Waals surface area contributed by atoms with E-state index in [1.807, 2.05) is 0 Å². The van der Waals surface area contributed by atoms with E-state index in [0.717, 1.165) is 0 Å². The predicted molar refractivity (Wildman–Crippen MR) is 69.6 cm³/mol. The Morgan fingerprint density at radius 1 is 0.833 bits per heavy atom. The smallest absolute Gasteiger partial charge is 0.206 e. The zero-order chi connectivity index (χ0) is 13.4. The van der Waals surface area contributed by atoms with Crippen molar-refractivity contribution in [3.8, 4) is 6.07 Å². The number of sulfone groups is 1. The second kappa shape index (κ2) is 6.58. The summed E-state index contributed by atoms with van der Waals surface area (Å²) in [5.74, 6) is 0. The second-order valence-electron chi connectivity index (χ2n) is 3.35. The lowest BCUT2D eigenvalue weighted by Crippen LogP contribution is -2.00. The Balaban J connectivity index is 0.000000492. The fraction of sp³-hybridized carbons (Fsp3) is 0.0714. The summed E-state index contributed by atoms with van der Waals surface area (Å²) in [5, 5.41) is 7.32. The van der Waals surface area contributed by atoms with Gasteiger partial charge >= 0.3 is 0 Å². The van der Waals surface area contributed by atoms with Gasteiger partial charge in [0.25, 0.3) is 0 Å². The van der Waals surface area contributed by atoms with Gasteiger partial charge in [-0.25, -0.2) is 8.42 Å². The predicted octanol–water partition coefficient (Wildman–Crippen LogP) is 3.05. The highest BCUT2D eigenvalue weighted by atomic mass is 32.2. The fourth-order valence-corrected chi connectivity index (χ4v) is 2.64. The van der Waals surface area contributed by atoms with Crippen molar-refractivity contribution in [2.75, 3.05) is 0 Å². The molecule has 0 aromatic heterocycles. The number of nitriles is 1. The molecule has 0 bridgehead atoms. The molecule has 0 atom stereocenters. The first-order chi connectivity index (χ1) is 8.62. The van der Waals surface area contributed by atoms with E-state index >= 15 is 0 Å². The Labute approximate surface area is 107 Å². The Morgan fingerprint density at radius 3 is 1.39 bits per heavy atom. The zero-order valence-electron chi connectivity index (χ0n) is 9.95. The molecule has 0 unspecified atom stereocenters. The third kappa shape index (κ3) is 3.44. The third-order valence-electron chi connectivity index (χ3n) is 2.11. The molecule has 2 rings (SSSR count). The highest BCUT2D eigenvalue weighted by molar-refractivity contribution is 7.91. The highest BCUT2D eigenvalue weighted by Crippen LogP contribution is 2.19. The topological polar surface area (TPSA) is 57.9 Å². The molecule has 0 aliphatic rings. The van der Waals surface area contributed by atoms with Gasteiger partial charge in [0.2, 0.25) is 9.84 Å². The molecule has 0 saturated heterocycles. The van der Waals surface area contributed by atoms with E-state index in [-0.39, 0.29) is 0 Å². The Morgan fingerprint density at radius 2 is 1.11 bits per heavy atom. The van der Waals surface area contributed by atoms with Gasteiger partial charge in [-0.2, -0.15) is 5.26 Å². The minimum atomic E-state index is -3.34. The summed E-state index contributed by atoms with van der Waals surface area (Å²) in [5.41, 5.74) is 0. The molecule has 3 nitrogen and oxygen atoms in total. The molecule has 0 N–H and O–H groups in total. The van der Waals surface area contributed by atoms with Gasteiger partial charge in [0, 0.05) is 6.92 Å². The largest absolute Gasteiger partial charge is 0.219 e. The number of rotatable bonds is 2. The van der Waals surface area contributed by atoms with Crippen LogP contribution in [0.5, 0.6) is 0 Å². The van der Waals surface area contributed by atoms with Gasteiger partial charge in [-0.3, -0.25) is 0 Å². The van der Waals surface area contributed by atoms with Gasteiger partial charge in [0.05, 0.1) is 15.9 Å². The molecule has 2 aromatic rings. The summed E-state index contributed by atoms with van der Waals surface area (Å²) < 4.78 is 24.1. The van der Waals surface area contributed by atoms with Crippen LogP contribution in [0.25, 0.3) is 0 Å². The monoisotopic (exact) mass is 259 g/mol. The zero-order valence-corrected chi connectivity index (χ0v) is 10.8. The molecule has 0 aliphatic carbocycles. The Bertz CT molecular complexity index is 568. The Hall–Kier alpha value is -2.12. The minimum Gasteiger partial charge on any atom is -0.219 e. The third-order valence-corrected chi connectivity index (χ3v) is 3.89. The van der Waals surface area contributed by atoms with Crippen LogP contribution in [0.3, 0.4) is 0 Å². The van der Waals surface area contributed by atoms with Crippen LogP contribution in [0.2, 0.25) is 0 Å². The highest BCUT2D eigenvalue weighted by Gasteiger charge is 2.15. The van der Waals surface area contributed by atoms with Crippen LogP contribution in [-0.2, 0) is 9.84 Å². The number of nitrogens with zero attached hydrogens (tertiary/aromatic N) is 1. The lowest BCUT2D eigenvalue weighted by atomic mass is 10.4. The summed E-state index contributed by atoms with van der Waals surface area (Å²) in [6.45, 7) is 1.43. The van der Waals surface area contributed by atoms with Crippen LogP contribution in [0.4, 0.5) is 0 Å². The van der Waals surface area contributed by atoms with Crippen LogP contribution >= 0.6 is 0 Å². The molecular weight excluding hydrogens is 246 g/mol. The Kier molecular flexibility index (Phi) is 5.09. The van der Waals surface area contributed by atoms with Crippen molar-refractivity contribution in [1.29, 1.82) is 5.26 Å². The van der Waals surface area contributed by atoms with Crippen molar-refractivity contribution < 1.29 is 8.42 Å². The molecule has 0 fully saturated rings. The van der Waals surface area contributed by atoms with E-state index in [1.54, 1.807) is 66.7 Å². The standard InChI is InChI=1S/C12H10O2S.C2H3N/c13-15(14,11-7-3-1-4-8-11)12-9-5-2-6-10-12;1-2-3/h1-10H;1H3. The maximum Gasteiger partial charge on any atom is 0.206 e. The van der Waals surface area contributed by atoms with E-state index in [9.17, 15) is 8.42 Å². The molecule has 0 spiro atoms. The van der Waals surface area contributed by atoms with Gasteiger partial charge in [0.15, 0.2) is 0 Å². The molecule has 0 aliphatic heterocycles. The van der Waals surface area contributed by atoms with Crippen molar-refractivity contribution in [3.05, 3.63) is 60.7 Å². The van der Waals surface area contributed by atoms with Crippen molar-refractivity contribution in [1.82, 2.24) is 0 Å². The molecule has 4 heteroatoms. The molecule has 0 amide bonds. The van der Waals surface area contributed by atoms with Gasteiger partial charge < -0.3 is 0 Å². The van der Waals surface area contributed by atoms with E-state index < -0.39 is 9.84 Å². The van der Waals surface area contributed by atoms with Gasteiger partial charge in [-0.15, -0.1) is 0 Å². The molecule has 0 radical (unpaired) electrons. The van der Waals surface area contributed by atoms with Crippen LogP contribution in [-0.4, -0.2) is 8.42 Å².